The molecule has 2 nitrogen and oxygen atoms in total. The topological polar surface area (TPSA) is 33.4 Å². The summed E-state index contributed by atoms with van der Waals surface area (Å²) in [6, 6.07) is 8.11. The van der Waals surface area contributed by atoms with Gasteiger partial charge in [-0.2, -0.15) is 0 Å². The Balaban J connectivity index is 2.26. The third-order valence-electron chi connectivity index (χ3n) is 3.75. The molecule has 1 aromatic carbocycles. The molecule has 1 aromatic heterocycles. The van der Waals surface area contributed by atoms with E-state index in [1.165, 1.54) is 5.56 Å². The largest absolute Gasteiger partial charge is 0.458 e. The molecule has 0 aliphatic heterocycles. The summed E-state index contributed by atoms with van der Waals surface area (Å²) < 4.78 is 5.81. The minimum atomic E-state index is -0.479. The Labute approximate surface area is 115 Å². The number of aliphatic hydroxyl groups excluding tert-OH is 1. The van der Waals surface area contributed by atoms with Crippen LogP contribution >= 0.6 is 0 Å². The van der Waals surface area contributed by atoms with E-state index in [1.54, 1.807) is 0 Å². The van der Waals surface area contributed by atoms with Gasteiger partial charge in [0, 0.05) is 5.39 Å². The highest BCUT2D eigenvalue weighted by Crippen LogP contribution is 2.33. The molecule has 2 heteroatoms. The number of hydrogen-bond acceptors (Lipinski definition) is 2. The molecule has 0 bridgehead atoms. The average Bonchev–Trinajstić information content (AvgIpc) is 2.80. The maximum atomic E-state index is 10.5. The second-order valence-electron chi connectivity index (χ2n) is 5.47. The van der Waals surface area contributed by atoms with Gasteiger partial charge in [-0.25, -0.2) is 0 Å². The lowest BCUT2D eigenvalue weighted by atomic mass is 9.91. The zero-order chi connectivity index (χ0) is 13.8. The van der Waals surface area contributed by atoms with Crippen LogP contribution in [-0.4, -0.2) is 5.11 Å². The third kappa shape index (κ3) is 3.19. The lowest BCUT2D eigenvalue weighted by molar-refractivity contribution is 0.0770. The Morgan fingerprint density at radius 1 is 1.11 bits per heavy atom. The number of rotatable bonds is 6. The van der Waals surface area contributed by atoms with Crippen molar-refractivity contribution < 1.29 is 9.52 Å². The molecule has 19 heavy (non-hydrogen) atoms. The molecule has 0 saturated carbocycles. The van der Waals surface area contributed by atoms with Crippen LogP contribution in [-0.2, 0) is 0 Å². The van der Waals surface area contributed by atoms with E-state index in [-0.39, 0.29) is 0 Å². The first kappa shape index (κ1) is 14.1. The van der Waals surface area contributed by atoms with Gasteiger partial charge < -0.3 is 9.52 Å². The first-order chi connectivity index (χ1) is 9.15. The summed E-state index contributed by atoms with van der Waals surface area (Å²) in [5.74, 6) is 1.02. The molecule has 0 amide bonds. The van der Waals surface area contributed by atoms with Gasteiger partial charge in [-0.05, 0) is 43.9 Å². The van der Waals surface area contributed by atoms with Crippen LogP contribution in [0.3, 0.4) is 0 Å². The van der Waals surface area contributed by atoms with E-state index in [0.717, 1.165) is 36.7 Å². The van der Waals surface area contributed by atoms with Gasteiger partial charge in [-0.3, -0.25) is 0 Å². The maximum Gasteiger partial charge on any atom is 0.134 e. The minimum absolute atomic E-state index is 0.302. The fourth-order valence-electron chi connectivity index (χ4n) is 2.76. The summed E-state index contributed by atoms with van der Waals surface area (Å²) in [5, 5.41) is 11.6. The summed E-state index contributed by atoms with van der Waals surface area (Å²) in [6.07, 6.45) is 3.81. The van der Waals surface area contributed by atoms with Crippen LogP contribution < -0.4 is 0 Å². The molecule has 0 fully saturated rings. The van der Waals surface area contributed by atoms with Gasteiger partial charge in [0.05, 0.1) is 0 Å². The van der Waals surface area contributed by atoms with E-state index >= 15 is 0 Å². The van der Waals surface area contributed by atoms with Crippen LogP contribution in [0.2, 0.25) is 0 Å². The zero-order valence-electron chi connectivity index (χ0n) is 12.1. The van der Waals surface area contributed by atoms with Crippen molar-refractivity contribution >= 4 is 11.0 Å². The highest BCUT2D eigenvalue weighted by Gasteiger charge is 2.22. The summed E-state index contributed by atoms with van der Waals surface area (Å²) in [5.41, 5.74) is 2.08. The van der Waals surface area contributed by atoms with Crippen LogP contribution in [0.25, 0.3) is 11.0 Å². The van der Waals surface area contributed by atoms with E-state index in [4.69, 9.17) is 4.42 Å². The molecule has 1 heterocycles. The van der Waals surface area contributed by atoms with Crippen molar-refractivity contribution in [2.24, 2.45) is 5.92 Å². The number of aliphatic hydroxyl groups is 1. The van der Waals surface area contributed by atoms with Crippen molar-refractivity contribution in [1.29, 1.82) is 0 Å². The monoisotopic (exact) mass is 260 g/mol. The maximum absolute atomic E-state index is 10.5. The molecule has 0 spiro atoms. The fraction of sp³-hybridized carbons (Fsp3) is 0.529. The highest BCUT2D eigenvalue weighted by atomic mass is 16.4. The molecule has 2 aromatic rings. The van der Waals surface area contributed by atoms with Crippen LogP contribution in [0.15, 0.2) is 28.7 Å². The Hall–Kier alpha value is -1.28. The van der Waals surface area contributed by atoms with E-state index in [0.29, 0.717) is 11.7 Å². The van der Waals surface area contributed by atoms with Crippen molar-refractivity contribution in [2.75, 3.05) is 0 Å². The lowest BCUT2D eigenvalue weighted by Gasteiger charge is -2.20. The summed E-state index contributed by atoms with van der Waals surface area (Å²) in [6.45, 7) is 6.40. The summed E-state index contributed by atoms with van der Waals surface area (Å²) >= 11 is 0. The lowest BCUT2D eigenvalue weighted by Crippen LogP contribution is -2.11. The predicted molar refractivity (Wildman–Crippen MR) is 79.2 cm³/mol. The van der Waals surface area contributed by atoms with Crippen LogP contribution in [0.4, 0.5) is 0 Å². The number of fused-ring (bicyclic) bond motifs is 1. The number of benzene rings is 1. The standard InChI is InChI=1S/C17H24O2/c1-4-6-13(7-5-2)17(18)16-11-14-10-12(3)8-9-15(14)19-16/h8-11,13,17-18H,4-7H2,1-3H3. The Morgan fingerprint density at radius 2 is 1.79 bits per heavy atom. The molecule has 0 saturated heterocycles. The first-order valence-corrected chi connectivity index (χ1v) is 7.33. The van der Waals surface area contributed by atoms with Gasteiger partial charge >= 0.3 is 0 Å². The first-order valence-electron chi connectivity index (χ1n) is 7.33. The van der Waals surface area contributed by atoms with E-state index in [9.17, 15) is 5.11 Å². The van der Waals surface area contributed by atoms with Crippen molar-refractivity contribution in [1.82, 2.24) is 0 Å². The molecule has 104 valence electrons. The molecular weight excluding hydrogens is 236 g/mol. The van der Waals surface area contributed by atoms with Crippen LogP contribution in [0.5, 0.6) is 0 Å². The molecule has 1 unspecified atom stereocenters. The van der Waals surface area contributed by atoms with E-state index < -0.39 is 6.10 Å². The molecule has 1 N–H and O–H groups in total. The third-order valence-corrected chi connectivity index (χ3v) is 3.75. The van der Waals surface area contributed by atoms with Crippen molar-refractivity contribution in [3.05, 3.63) is 35.6 Å². The van der Waals surface area contributed by atoms with Gasteiger partial charge in [0.25, 0.3) is 0 Å². The SMILES string of the molecule is CCCC(CCC)C(O)c1cc2cc(C)ccc2o1. The van der Waals surface area contributed by atoms with E-state index in [2.05, 4.69) is 26.8 Å². The number of aryl methyl sites for hydroxylation is 1. The Morgan fingerprint density at radius 3 is 2.42 bits per heavy atom. The van der Waals surface area contributed by atoms with Gasteiger partial charge in [-0.1, -0.05) is 38.3 Å². The molecular formula is C17H24O2. The van der Waals surface area contributed by atoms with Crippen molar-refractivity contribution in [2.45, 2.75) is 52.6 Å². The number of hydrogen-bond donors (Lipinski definition) is 1. The predicted octanol–water partition coefficient (Wildman–Crippen LogP) is 4.99. The molecule has 1 atom stereocenters. The summed E-state index contributed by atoms with van der Waals surface area (Å²) in [4.78, 5) is 0. The molecule has 2 rings (SSSR count). The van der Waals surface area contributed by atoms with Gasteiger partial charge in [0.2, 0.25) is 0 Å². The minimum Gasteiger partial charge on any atom is -0.458 e. The fourth-order valence-corrected chi connectivity index (χ4v) is 2.76. The molecule has 0 aliphatic rings. The van der Waals surface area contributed by atoms with Crippen LogP contribution in [0, 0.1) is 12.8 Å². The smallest absolute Gasteiger partial charge is 0.134 e. The second kappa shape index (κ2) is 6.25. The van der Waals surface area contributed by atoms with Gasteiger partial charge in [-0.15, -0.1) is 0 Å². The molecule has 0 aliphatic carbocycles. The summed E-state index contributed by atoms with van der Waals surface area (Å²) in [7, 11) is 0. The van der Waals surface area contributed by atoms with Crippen LogP contribution in [0.1, 0.15) is 57.0 Å². The Kier molecular flexibility index (Phi) is 4.65. The van der Waals surface area contributed by atoms with Crippen molar-refractivity contribution in [3.63, 3.8) is 0 Å². The quantitative estimate of drug-likeness (QED) is 0.793. The average molecular weight is 260 g/mol. The highest BCUT2D eigenvalue weighted by molar-refractivity contribution is 5.78. The second-order valence-corrected chi connectivity index (χ2v) is 5.47. The zero-order valence-corrected chi connectivity index (χ0v) is 12.1. The number of furan rings is 1. The van der Waals surface area contributed by atoms with Crippen molar-refractivity contribution in [3.8, 4) is 0 Å². The van der Waals surface area contributed by atoms with Gasteiger partial charge in [0.15, 0.2) is 0 Å². The van der Waals surface area contributed by atoms with Gasteiger partial charge in [0.1, 0.15) is 17.4 Å². The van der Waals surface area contributed by atoms with E-state index in [1.807, 2.05) is 18.2 Å². The normalized spacial score (nSPS) is 13.3. The molecule has 0 radical (unpaired) electrons. The Bertz CT molecular complexity index is 521.